The molecule has 1 aromatic rings. The summed E-state index contributed by atoms with van der Waals surface area (Å²) in [5, 5.41) is 9.44. The fraction of sp³-hybridized carbons (Fsp3) is 0.765. The summed E-state index contributed by atoms with van der Waals surface area (Å²) in [7, 11) is 0. The van der Waals surface area contributed by atoms with Gasteiger partial charge in [-0.3, -0.25) is 0 Å². The third kappa shape index (κ3) is 3.14. The van der Waals surface area contributed by atoms with Gasteiger partial charge in [0.25, 0.3) is 0 Å². The van der Waals surface area contributed by atoms with Crippen LogP contribution in [0.1, 0.15) is 80.7 Å². The predicted octanol–water partition coefficient (Wildman–Crippen LogP) is 4.28. The number of imidazole rings is 1. The maximum atomic E-state index is 11.5. The first-order valence-electron chi connectivity index (χ1n) is 8.52. The quantitative estimate of drug-likeness (QED) is 0.900. The Balaban J connectivity index is 1.90. The molecule has 2 aliphatic carbocycles. The molecule has 4 nitrogen and oxygen atoms in total. The van der Waals surface area contributed by atoms with E-state index >= 15 is 0 Å². The average molecular weight is 290 g/mol. The molecule has 0 radical (unpaired) electrons. The fourth-order valence-corrected chi connectivity index (χ4v) is 4.50. The van der Waals surface area contributed by atoms with E-state index in [0.29, 0.717) is 23.6 Å². The van der Waals surface area contributed by atoms with Crippen LogP contribution in [0.25, 0.3) is 0 Å². The second kappa shape index (κ2) is 6.63. The Labute approximate surface area is 126 Å². The van der Waals surface area contributed by atoms with Gasteiger partial charge < -0.3 is 9.67 Å². The van der Waals surface area contributed by atoms with Gasteiger partial charge in [-0.1, -0.05) is 38.5 Å². The van der Waals surface area contributed by atoms with Gasteiger partial charge >= 0.3 is 5.97 Å². The highest BCUT2D eigenvalue weighted by Crippen LogP contribution is 2.43. The summed E-state index contributed by atoms with van der Waals surface area (Å²) in [5.74, 6) is 0.424. The number of carbonyl (C=O) groups is 1. The molecule has 0 unspecified atom stereocenters. The number of hydrogen-bond acceptors (Lipinski definition) is 2. The molecule has 2 fully saturated rings. The molecular formula is C17H26N2O2. The van der Waals surface area contributed by atoms with Gasteiger partial charge in [-0.25, -0.2) is 9.78 Å². The van der Waals surface area contributed by atoms with Gasteiger partial charge in [0.1, 0.15) is 5.69 Å². The summed E-state index contributed by atoms with van der Waals surface area (Å²) < 4.78 is 1.99. The van der Waals surface area contributed by atoms with Crippen LogP contribution in [0, 0.1) is 11.8 Å². The highest BCUT2D eigenvalue weighted by molar-refractivity contribution is 5.85. The van der Waals surface area contributed by atoms with E-state index in [1.807, 2.05) is 4.57 Å². The lowest BCUT2D eigenvalue weighted by atomic mass is 9.73. The Bertz CT molecular complexity index is 453. The molecule has 0 aromatic carbocycles. The van der Waals surface area contributed by atoms with Crippen molar-refractivity contribution >= 4 is 5.97 Å². The number of carboxylic acids is 1. The van der Waals surface area contributed by atoms with Crippen molar-refractivity contribution in [2.24, 2.45) is 11.8 Å². The lowest BCUT2D eigenvalue weighted by Crippen LogP contribution is -2.31. The molecule has 0 atom stereocenters. The molecule has 1 N–H and O–H groups in total. The van der Waals surface area contributed by atoms with Crippen molar-refractivity contribution in [2.75, 3.05) is 0 Å². The number of hydrogen-bond donors (Lipinski definition) is 1. The first kappa shape index (κ1) is 14.6. The Hall–Kier alpha value is -1.32. The number of carboxylic acid groups (broad SMARTS) is 1. The molecule has 0 amide bonds. The summed E-state index contributed by atoms with van der Waals surface area (Å²) in [4.78, 5) is 15.6. The normalized spacial score (nSPS) is 21.8. The van der Waals surface area contributed by atoms with Crippen molar-refractivity contribution < 1.29 is 9.90 Å². The van der Waals surface area contributed by atoms with Crippen LogP contribution >= 0.6 is 0 Å². The van der Waals surface area contributed by atoms with Gasteiger partial charge in [0, 0.05) is 6.04 Å². The molecule has 0 saturated heterocycles. The van der Waals surface area contributed by atoms with E-state index in [1.54, 1.807) is 6.33 Å². The van der Waals surface area contributed by atoms with Crippen molar-refractivity contribution in [3.8, 4) is 0 Å². The van der Waals surface area contributed by atoms with Crippen LogP contribution < -0.4 is 0 Å². The van der Waals surface area contributed by atoms with Crippen LogP contribution in [0.3, 0.4) is 0 Å². The molecule has 3 rings (SSSR count). The average Bonchev–Trinajstić information content (AvgIpc) is 2.99. The third-order valence-corrected chi connectivity index (χ3v) is 5.47. The van der Waals surface area contributed by atoms with Crippen LogP contribution in [0.4, 0.5) is 0 Å². The van der Waals surface area contributed by atoms with E-state index in [4.69, 9.17) is 0 Å². The summed E-state index contributed by atoms with van der Waals surface area (Å²) >= 11 is 0. The van der Waals surface area contributed by atoms with Gasteiger partial charge in [-0.15, -0.1) is 0 Å². The highest BCUT2D eigenvalue weighted by atomic mass is 16.4. The van der Waals surface area contributed by atoms with Gasteiger partial charge in [-0.2, -0.15) is 0 Å². The Morgan fingerprint density at radius 3 is 2.05 bits per heavy atom. The van der Waals surface area contributed by atoms with Crippen molar-refractivity contribution in [1.29, 1.82) is 0 Å². The lowest BCUT2D eigenvalue weighted by Gasteiger charge is -2.39. The van der Waals surface area contributed by atoms with Gasteiger partial charge in [0.15, 0.2) is 0 Å². The van der Waals surface area contributed by atoms with Crippen LogP contribution in [-0.4, -0.2) is 20.6 Å². The maximum Gasteiger partial charge on any atom is 0.354 e. The van der Waals surface area contributed by atoms with Crippen LogP contribution in [0.5, 0.6) is 0 Å². The van der Waals surface area contributed by atoms with Crippen molar-refractivity contribution in [2.45, 2.75) is 70.3 Å². The molecule has 1 heterocycles. The summed E-state index contributed by atoms with van der Waals surface area (Å²) in [5.41, 5.74) is 0.371. The van der Waals surface area contributed by atoms with Gasteiger partial charge in [0.05, 0.1) is 12.5 Å². The Morgan fingerprint density at radius 2 is 1.57 bits per heavy atom. The zero-order chi connectivity index (χ0) is 14.7. The Morgan fingerprint density at radius 1 is 1.05 bits per heavy atom. The number of aromatic nitrogens is 2. The zero-order valence-electron chi connectivity index (χ0n) is 12.7. The minimum Gasteiger partial charge on any atom is -0.477 e. The molecule has 4 heteroatoms. The van der Waals surface area contributed by atoms with E-state index in [0.717, 1.165) is 0 Å². The van der Waals surface area contributed by atoms with E-state index < -0.39 is 5.97 Å². The summed E-state index contributed by atoms with van der Waals surface area (Å²) in [6, 6.07) is 0.346. The van der Waals surface area contributed by atoms with Gasteiger partial charge in [0.2, 0.25) is 0 Å². The molecule has 2 aliphatic rings. The predicted molar refractivity (Wildman–Crippen MR) is 81.4 cm³/mol. The molecule has 116 valence electrons. The van der Waals surface area contributed by atoms with E-state index in [1.165, 1.54) is 70.4 Å². The first-order chi connectivity index (χ1) is 10.3. The molecule has 0 aliphatic heterocycles. The molecule has 21 heavy (non-hydrogen) atoms. The largest absolute Gasteiger partial charge is 0.477 e. The summed E-state index contributed by atoms with van der Waals surface area (Å²) in [6.45, 7) is 0. The zero-order valence-corrected chi connectivity index (χ0v) is 12.7. The smallest absolute Gasteiger partial charge is 0.354 e. The second-order valence-electron chi connectivity index (χ2n) is 6.78. The lowest BCUT2D eigenvalue weighted by molar-refractivity contribution is 0.0667. The van der Waals surface area contributed by atoms with Crippen LogP contribution in [-0.2, 0) is 0 Å². The minimum atomic E-state index is -0.843. The van der Waals surface area contributed by atoms with Crippen molar-refractivity contribution in [3.63, 3.8) is 0 Å². The maximum absolute atomic E-state index is 11.5. The van der Waals surface area contributed by atoms with Gasteiger partial charge in [-0.05, 0) is 37.5 Å². The number of aromatic carboxylic acids is 1. The van der Waals surface area contributed by atoms with E-state index in [-0.39, 0.29) is 0 Å². The monoisotopic (exact) mass is 290 g/mol. The molecular weight excluding hydrogens is 264 g/mol. The van der Waals surface area contributed by atoms with Crippen molar-refractivity contribution in [1.82, 2.24) is 9.55 Å². The first-order valence-corrected chi connectivity index (χ1v) is 8.52. The highest BCUT2D eigenvalue weighted by Gasteiger charge is 2.34. The van der Waals surface area contributed by atoms with Crippen LogP contribution in [0.2, 0.25) is 0 Å². The molecule has 1 aromatic heterocycles. The molecule has 2 saturated carbocycles. The molecule has 0 spiro atoms. The van der Waals surface area contributed by atoms with E-state index in [2.05, 4.69) is 4.98 Å². The number of rotatable bonds is 4. The third-order valence-electron chi connectivity index (χ3n) is 5.47. The molecule has 0 bridgehead atoms. The number of nitrogens with zero attached hydrogens (tertiary/aromatic N) is 2. The van der Waals surface area contributed by atoms with Crippen molar-refractivity contribution in [3.05, 3.63) is 18.2 Å². The van der Waals surface area contributed by atoms with E-state index in [9.17, 15) is 9.90 Å². The topological polar surface area (TPSA) is 55.1 Å². The summed E-state index contributed by atoms with van der Waals surface area (Å²) in [6.07, 6.45) is 16.1. The fourth-order valence-electron chi connectivity index (χ4n) is 4.50. The standard InChI is InChI=1S/C17H26N2O2/c20-17(21)15-11-18-12-19(15)16(13-7-3-1-4-8-13)14-9-5-2-6-10-14/h11-14,16H,1-10H2,(H,20,21). The van der Waals surface area contributed by atoms with Crippen LogP contribution in [0.15, 0.2) is 12.5 Å². The second-order valence-corrected chi connectivity index (χ2v) is 6.78. The Kier molecular flexibility index (Phi) is 4.61. The minimum absolute atomic E-state index is 0.346. The SMILES string of the molecule is O=C(O)c1cncn1C(C1CCCCC1)C1CCCCC1.